The molecular weight excluding hydrogens is 257 g/mol. The van der Waals surface area contributed by atoms with Crippen LogP contribution in [-0.4, -0.2) is 18.8 Å². The van der Waals surface area contributed by atoms with Crippen molar-refractivity contribution in [3.05, 3.63) is 16.9 Å². The van der Waals surface area contributed by atoms with Crippen LogP contribution in [0, 0.1) is 5.82 Å². The lowest BCUT2D eigenvalue weighted by Gasteiger charge is -2.26. The van der Waals surface area contributed by atoms with E-state index in [1.807, 2.05) is 20.8 Å². The van der Waals surface area contributed by atoms with Crippen molar-refractivity contribution in [1.29, 1.82) is 0 Å². The molecule has 5 N–H and O–H groups in total. The SMILES string of the molecule is CCOC(C)(C)CNc1c(N)cc(N)c(Cl)c1F. The molecule has 0 radical (unpaired) electrons. The largest absolute Gasteiger partial charge is 0.397 e. The van der Waals surface area contributed by atoms with E-state index >= 15 is 0 Å². The van der Waals surface area contributed by atoms with Gasteiger partial charge in [-0.25, -0.2) is 4.39 Å². The van der Waals surface area contributed by atoms with Crippen LogP contribution in [0.4, 0.5) is 21.5 Å². The van der Waals surface area contributed by atoms with Gasteiger partial charge in [0.1, 0.15) is 5.02 Å². The van der Waals surface area contributed by atoms with Gasteiger partial charge in [0, 0.05) is 13.2 Å². The fourth-order valence-corrected chi connectivity index (χ4v) is 1.74. The van der Waals surface area contributed by atoms with Crippen molar-refractivity contribution in [2.24, 2.45) is 0 Å². The second-order valence-corrected chi connectivity index (χ2v) is 4.98. The van der Waals surface area contributed by atoms with Crippen LogP contribution < -0.4 is 16.8 Å². The maximum Gasteiger partial charge on any atom is 0.169 e. The molecule has 0 heterocycles. The molecule has 4 nitrogen and oxygen atoms in total. The summed E-state index contributed by atoms with van der Waals surface area (Å²) < 4.78 is 19.4. The minimum absolute atomic E-state index is 0.124. The number of ether oxygens (including phenoxy) is 1. The lowest BCUT2D eigenvalue weighted by molar-refractivity contribution is 0.000675. The van der Waals surface area contributed by atoms with Gasteiger partial charge in [-0.3, -0.25) is 0 Å². The summed E-state index contributed by atoms with van der Waals surface area (Å²) >= 11 is 5.74. The number of benzene rings is 1. The lowest BCUT2D eigenvalue weighted by atomic mass is 10.1. The Morgan fingerprint density at radius 1 is 1.39 bits per heavy atom. The highest BCUT2D eigenvalue weighted by Gasteiger charge is 2.20. The predicted molar refractivity (Wildman–Crippen MR) is 74.4 cm³/mol. The van der Waals surface area contributed by atoms with Gasteiger partial charge in [-0.2, -0.15) is 0 Å². The second kappa shape index (κ2) is 5.63. The standard InChI is InChI=1S/C12H19ClFN3O/c1-4-18-12(2,3)6-17-11-8(16)5-7(15)9(13)10(11)14/h5,17H,4,6,15-16H2,1-3H3. The summed E-state index contributed by atoms with van der Waals surface area (Å²) in [5.74, 6) is -0.638. The first-order valence-corrected chi connectivity index (χ1v) is 6.07. The molecule has 0 fully saturated rings. The van der Waals surface area contributed by atoms with Crippen LogP contribution in [0.5, 0.6) is 0 Å². The molecule has 0 bridgehead atoms. The van der Waals surface area contributed by atoms with E-state index in [2.05, 4.69) is 5.32 Å². The molecule has 0 unspecified atom stereocenters. The van der Waals surface area contributed by atoms with Gasteiger partial charge in [0.05, 0.1) is 22.7 Å². The molecule has 0 atom stereocenters. The van der Waals surface area contributed by atoms with E-state index < -0.39 is 11.4 Å². The molecule has 0 saturated carbocycles. The third-order valence-electron chi connectivity index (χ3n) is 2.49. The molecule has 0 aliphatic rings. The van der Waals surface area contributed by atoms with Gasteiger partial charge in [-0.05, 0) is 26.8 Å². The molecule has 102 valence electrons. The average Bonchev–Trinajstić information content (AvgIpc) is 2.25. The second-order valence-electron chi connectivity index (χ2n) is 4.60. The number of nitrogens with one attached hydrogen (secondary N) is 1. The Bertz CT molecular complexity index is 438. The first-order valence-electron chi connectivity index (χ1n) is 5.69. The molecule has 0 amide bonds. The molecule has 18 heavy (non-hydrogen) atoms. The number of anilines is 3. The van der Waals surface area contributed by atoms with Gasteiger partial charge in [0.2, 0.25) is 0 Å². The Balaban J connectivity index is 2.89. The van der Waals surface area contributed by atoms with Crippen molar-refractivity contribution in [1.82, 2.24) is 0 Å². The topological polar surface area (TPSA) is 73.3 Å². The highest BCUT2D eigenvalue weighted by atomic mass is 35.5. The van der Waals surface area contributed by atoms with Crippen molar-refractivity contribution >= 4 is 28.7 Å². The molecule has 0 aliphatic heterocycles. The summed E-state index contributed by atoms with van der Waals surface area (Å²) in [6.07, 6.45) is 0. The number of nitrogen functional groups attached to an aromatic ring is 2. The van der Waals surface area contributed by atoms with E-state index in [1.54, 1.807) is 0 Å². The molecule has 0 saturated heterocycles. The number of halogens is 2. The maximum atomic E-state index is 13.9. The molecule has 1 aromatic rings. The van der Waals surface area contributed by atoms with Crippen molar-refractivity contribution in [3.8, 4) is 0 Å². The summed E-state index contributed by atoms with van der Waals surface area (Å²) in [4.78, 5) is 0. The Labute approximate surface area is 111 Å². The third-order valence-corrected chi connectivity index (χ3v) is 2.88. The van der Waals surface area contributed by atoms with Crippen molar-refractivity contribution in [2.75, 3.05) is 29.9 Å². The molecule has 0 aliphatic carbocycles. The zero-order valence-electron chi connectivity index (χ0n) is 10.8. The van der Waals surface area contributed by atoms with E-state index in [0.717, 1.165) is 0 Å². The van der Waals surface area contributed by atoms with E-state index in [0.29, 0.717) is 13.2 Å². The van der Waals surface area contributed by atoms with Crippen molar-refractivity contribution in [2.45, 2.75) is 26.4 Å². The minimum atomic E-state index is -0.638. The van der Waals surface area contributed by atoms with Crippen LogP contribution in [0.25, 0.3) is 0 Å². The predicted octanol–water partition coefficient (Wildman–Crippen LogP) is 2.87. The number of hydrogen-bond donors (Lipinski definition) is 3. The van der Waals surface area contributed by atoms with Crippen LogP contribution in [0.15, 0.2) is 6.07 Å². The summed E-state index contributed by atoms with van der Waals surface area (Å²) in [6, 6.07) is 1.43. The summed E-state index contributed by atoms with van der Waals surface area (Å²) in [7, 11) is 0. The summed E-state index contributed by atoms with van der Waals surface area (Å²) in [6.45, 7) is 6.68. The molecule has 0 spiro atoms. The summed E-state index contributed by atoms with van der Waals surface area (Å²) in [5.41, 5.74) is 11.3. The third kappa shape index (κ3) is 3.40. The summed E-state index contributed by atoms with van der Waals surface area (Å²) in [5, 5.41) is 2.79. The monoisotopic (exact) mass is 275 g/mol. The fourth-order valence-electron chi connectivity index (χ4n) is 1.59. The Morgan fingerprint density at radius 2 is 2.00 bits per heavy atom. The maximum absolute atomic E-state index is 13.9. The normalized spacial score (nSPS) is 11.6. The highest BCUT2D eigenvalue weighted by molar-refractivity contribution is 6.33. The van der Waals surface area contributed by atoms with Crippen LogP contribution >= 0.6 is 11.6 Å². The average molecular weight is 276 g/mol. The van der Waals surface area contributed by atoms with Gasteiger partial charge in [0.25, 0.3) is 0 Å². The first-order chi connectivity index (χ1) is 8.28. The van der Waals surface area contributed by atoms with E-state index in [4.69, 9.17) is 27.8 Å². The molecule has 1 rings (SSSR count). The zero-order valence-corrected chi connectivity index (χ0v) is 11.6. The van der Waals surface area contributed by atoms with Gasteiger partial charge >= 0.3 is 0 Å². The molecule has 1 aromatic carbocycles. The Hall–Kier alpha value is -1.20. The Kier molecular flexibility index (Phi) is 4.65. The molecule has 6 heteroatoms. The van der Waals surface area contributed by atoms with E-state index in [9.17, 15) is 4.39 Å². The van der Waals surface area contributed by atoms with Crippen LogP contribution in [0.1, 0.15) is 20.8 Å². The fraction of sp³-hybridized carbons (Fsp3) is 0.500. The first kappa shape index (κ1) is 14.9. The number of nitrogens with two attached hydrogens (primary N) is 2. The highest BCUT2D eigenvalue weighted by Crippen LogP contribution is 2.33. The quantitative estimate of drug-likeness (QED) is 0.723. The van der Waals surface area contributed by atoms with Crippen LogP contribution in [0.3, 0.4) is 0 Å². The smallest absolute Gasteiger partial charge is 0.169 e. The van der Waals surface area contributed by atoms with Crippen LogP contribution in [-0.2, 0) is 4.74 Å². The minimum Gasteiger partial charge on any atom is -0.397 e. The Morgan fingerprint density at radius 3 is 2.56 bits per heavy atom. The number of rotatable bonds is 5. The zero-order chi connectivity index (χ0) is 13.9. The van der Waals surface area contributed by atoms with Crippen molar-refractivity contribution in [3.63, 3.8) is 0 Å². The van der Waals surface area contributed by atoms with E-state index in [1.165, 1.54) is 6.07 Å². The van der Waals surface area contributed by atoms with Gasteiger partial charge in [-0.1, -0.05) is 11.6 Å². The molecular formula is C12H19ClFN3O. The molecule has 0 aromatic heterocycles. The van der Waals surface area contributed by atoms with E-state index in [-0.39, 0.29) is 22.1 Å². The van der Waals surface area contributed by atoms with Gasteiger partial charge in [-0.15, -0.1) is 0 Å². The number of hydrogen-bond acceptors (Lipinski definition) is 4. The van der Waals surface area contributed by atoms with Gasteiger partial charge in [0.15, 0.2) is 5.82 Å². The lowest BCUT2D eigenvalue weighted by Crippen LogP contribution is -2.33. The van der Waals surface area contributed by atoms with Gasteiger partial charge < -0.3 is 21.5 Å². The van der Waals surface area contributed by atoms with Crippen LogP contribution in [0.2, 0.25) is 5.02 Å². The van der Waals surface area contributed by atoms with Crippen molar-refractivity contribution < 1.29 is 9.13 Å².